The number of para-hydroxylation sites is 1. The van der Waals surface area contributed by atoms with Crippen molar-refractivity contribution >= 4 is 33.2 Å². The molecule has 5 heteroatoms. The van der Waals surface area contributed by atoms with E-state index in [1.165, 1.54) is 0 Å². The molecule has 0 saturated heterocycles. The fourth-order valence-corrected chi connectivity index (χ4v) is 2.90. The zero-order valence-electron chi connectivity index (χ0n) is 11.2. The van der Waals surface area contributed by atoms with Crippen molar-refractivity contribution in [1.29, 1.82) is 0 Å². The number of ether oxygens (including phenoxy) is 1. The van der Waals surface area contributed by atoms with Crippen LogP contribution in [0.2, 0.25) is 5.15 Å². The molecule has 3 rings (SSSR count). The quantitative estimate of drug-likeness (QED) is 0.786. The molecule has 104 valence electrons. The van der Waals surface area contributed by atoms with Gasteiger partial charge in [-0.1, -0.05) is 29.8 Å². The fraction of sp³-hybridized carbons (Fsp3) is 0.267. The molecule has 0 saturated carbocycles. The Hall–Kier alpha value is -1.26. The largest absolute Gasteiger partial charge is 0.485 e. The maximum atomic E-state index is 6.01. The van der Waals surface area contributed by atoms with Crippen LogP contribution in [0.1, 0.15) is 25.5 Å². The minimum Gasteiger partial charge on any atom is -0.485 e. The van der Waals surface area contributed by atoms with Gasteiger partial charge in [0.2, 0.25) is 0 Å². The average molecular weight is 354 g/mol. The second-order valence-corrected chi connectivity index (χ2v) is 6.53. The lowest BCUT2D eigenvalue weighted by Gasteiger charge is -2.28. The lowest BCUT2D eigenvalue weighted by atomic mass is 9.94. The van der Waals surface area contributed by atoms with Gasteiger partial charge in [0.1, 0.15) is 16.5 Å². The highest BCUT2D eigenvalue weighted by Crippen LogP contribution is 2.44. The Labute approximate surface area is 131 Å². The number of hydrogen-bond acceptors (Lipinski definition) is 3. The van der Waals surface area contributed by atoms with Gasteiger partial charge in [-0.05, 0) is 41.9 Å². The van der Waals surface area contributed by atoms with Crippen molar-refractivity contribution in [1.82, 2.24) is 4.98 Å². The van der Waals surface area contributed by atoms with E-state index in [-0.39, 0.29) is 11.6 Å². The summed E-state index contributed by atoms with van der Waals surface area (Å²) < 4.78 is 6.78. The predicted octanol–water partition coefficient (Wildman–Crippen LogP) is 4.82. The summed E-state index contributed by atoms with van der Waals surface area (Å²) in [5, 5.41) is 3.94. The number of hydrogen-bond donors (Lipinski definition) is 1. The molecule has 0 fully saturated rings. The first kappa shape index (κ1) is 13.7. The Morgan fingerprint density at radius 3 is 2.85 bits per heavy atom. The van der Waals surface area contributed by atoms with Gasteiger partial charge in [-0.3, -0.25) is 0 Å². The van der Waals surface area contributed by atoms with E-state index in [1.807, 2.05) is 24.3 Å². The van der Waals surface area contributed by atoms with E-state index in [9.17, 15) is 0 Å². The van der Waals surface area contributed by atoms with Crippen molar-refractivity contribution in [3.63, 3.8) is 0 Å². The average Bonchev–Trinajstić information content (AvgIpc) is 2.65. The van der Waals surface area contributed by atoms with E-state index in [0.717, 1.165) is 21.5 Å². The molecule has 2 heterocycles. The summed E-state index contributed by atoms with van der Waals surface area (Å²) in [6, 6.07) is 10.1. The second kappa shape index (κ2) is 4.93. The Balaban J connectivity index is 1.94. The Kier molecular flexibility index (Phi) is 3.38. The van der Waals surface area contributed by atoms with E-state index >= 15 is 0 Å². The number of nitrogens with zero attached hydrogens (tertiary/aromatic N) is 1. The molecule has 1 aliphatic rings. The van der Waals surface area contributed by atoms with E-state index in [1.54, 1.807) is 6.20 Å². The predicted molar refractivity (Wildman–Crippen MR) is 84.5 cm³/mol. The van der Waals surface area contributed by atoms with Crippen molar-refractivity contribution in [2.45, 2.75) is 25.5 Å². The number of halogens is 2. The van der Waals surface area contributed by atoms with Gasteiger partial charge in [-0.15, -0.1) is 0 Å². The third-order valence-corrected chi connectivity index (χ3v) is 4.54. The molecule has 0 amide bonds. The second-order valence-electron chi connectivity index (χ2n) is 5.32. The highest BCUT2D eigenvalue weighted by Gasteiger charge is 2.40. The van der Waals surface area contributed by atoms with Gasteiger partial charge in [0.05, 0.1) is 22.4 Å². The number of fused-ring (bicyclic) bond motifs is 1. The smallest absolute Gasteiger partial charge is 0.143 e. The van der Waals surface area contributed by atoms with Crippen molar-refractivity contribution in [2.75, 3.05) is 5.32 Å². The van der Waals surface area contributed by atoms with Crippen LogP contribution in [0.3, 0.4) is 0 Å². The molecule has 1 aromatic heterocycles. The third-order valence-electron chi connectivity index (χ3n) is 3.41. The van der Waals surface area contributed by atoms with Gasteiger partial charge in [0, 0.05) is 5.56 Å². The number of rotatable bonds is 2. The first-order chi connectivity index (χ1) is 9.47. The number of aromatic nitrogens is 1. The first-order valence-corrected chi connectivity index (χ1v) is 7.50. The minimum absolute atomic E-state index is 0.0635. The Morgan fingerprint density at radius 1 is 1.35 bits per heavy atom. The van der Waals surface area contributed by atoms with Gasteiger partial charge in [0.15, 0.2) is 0 Å². The van der Waals surface area contributed by atoms with Crippen LogP contribution in [0.15, 0.2) is 41.0 Å². The number of anilines is 1. The summed E-state index contributed by atoms with van der Waals surface area (Å²) in [7, 11) is 0. The standard InChI is InChI=1S/C15H14BrClN2O/c1-15(2)13(10-5-3-4-6-12(10)20-15)19-9-7-11(16)14(17)18-8-9/h3-8,13,19H,1-2H3. The van der Waals surface area contributed by atoms with Crippen molar-refractivity contribution < 1.29 is 4.74 Å². The maximum absolute atomic E-state index is 6.01. The molecule has 20 heavy (non-hydrogen) atoms. The molecule has 0 bridgehead atoms. The Morgan fingerprint density at radius 2 is 2.10 bits per heavy atom. The van der Waals surface area contributed by atoms with E-state index in [4.69, 9.17) is 16.3 Å². The lowest BCUT2D eigenvalue weighted by molar-refractivity contribution is 0.118. The van der Waals surface area contributed by atoms with Gasteiger partial charge in [0.25, 0.3) is 0 Å². The summed E-state index contributed by atoms with van der Waals surface area (Å²) >= 11 is 9.31. The van der Waals surface area contributed by atoms with Crippen LogP contribution in [-0.4, -0.2) is 10.6 Å². The van der Waals surface area contributed by atoms with E-state index in [2.05, 4.69) is 46.1 Å². The molecule has 1 unspecified atom stereocenters. The lowest BCUT2D eigenvalue weighted by Crippen LogP contribution is -2.34. The SMILES string of the molecule is CC1(C)Oc2ccccc2C1Nc1cnc(Cl)c(Br)c1. The fourth-order valence-electron chi connectivity index (χ4n) is 2.45. The number of benzene rings is 1. The topological polar surface area (TPSA) is 34.1 Å². The van der Waals surface area contributed by atoms with Crippen LogP contribution in [0.4, 0.5) is 5.69 Å². The summed E-state index contributed by atoms with van der Waals surface area (Å²) in [4.78, 5) is 4.14. The monoisotopic (exact) mass is 352 g/mol. The molecule has 1 aliphatic heterocycles. The van der Waals surface area contributed by atoms with Crippen LogP contribution >= 0.6 is 27.5 Å². The van der Waals surface area contributed by atoms with Crippen LogP contribution < -0.4 is 10.1 Å². The normalized spacial score (nSPS) is 19.3. The first-order valence-electron chi connectivity index (χ1n) is 6.33. The highest BCUT2D eigenvalue weighted by molar-refractivity contribution is 9.10. The molecule has 3 nitrogen and oxygen atoms in total. The van der Waals surface area contributed by atoms with Crippen molar-refractivity contribution in [2.24, 2.45) is 0 Å². The third kappa shape index (κ3) is 2.38. The van der Waals surface area contributed by atoms with Crippen LogP contribution in [0.5, 0.6) is 5.75 Å². The Bertz CT molecular complexity index is 660. The van der Waals surface area contributed by atoms with Crippen LogP contribution in [0, 0.1) is 0 Å². The highest BCUT2D eigenvalue weighted by atomic mass is 79.9. The summed E-state index contributed by atoms with van der Waals surface area (Å²) in [6.45, 7) is 4.14. The van der Waals surface area contributed by atoms with Gasteiger partial charge < -0.3 is 10.1 Å². The number of nitrogens with one attached hydrogen (secondary N) is 1. The molecular formula is C15H14BrClN2O. The molecule has 1 N–H and O–H groups in total. The van der Waals surface area contributed by atoms with Crippen LogP contribution in [-0.2, 0) is 0 Å². The molecular weight excluding hydrogens is 340 g/mol. The summed E-state index contributed by atoms with van der Waals surface area (Å²) in [5.41, 5.74) is 1.73. The maximum Gasteiger partial charge on any atom is 0.143 e. The van der Waals surface area contributed by atoms with Crippen molar-refractivity contribution in [3.8, 4) is 5.75 Å². The van der Waals surface area contributed by atoms with Gasteiger partial charge >= 0.3 is 0 Å². The summed E-state index contributed by atoms with van der Waals surface area (Å²) in [5.74, 6) is 0.927. The minimum atomic E-state index is -0.324. The van der Waals surface area contributed by atoms with Crippen molar-refractivity contribution in [3.05, 3.63) is 51.7 Å². The molecule has 0 spiro atoms. The summed E-state index contributed by atoms with van der Waals surface area (Å²) in [6.07, 6.45) is 1.73. The molecule has 1 aromatic carbocycles. The van der Waals surface area contributed by atoms with Crippen LogP contribution in [0.25, 0.3) is 0 Å². The molecule has 0 aliphatic carbocycles. The number of pyridine rings is 1. The van der Waals surface area contributed by atoms with E-state index in [0.29, 0.717) is 5.15 Å². The van der Waals surface area contributed by atoms with E-state index < -0.39 is 0 Å². The molecule has 0 radical (unpaired) electrons. The molecule has 1 atom stereocenters. The molecule has 2 aromatic rings. The van der Waals surface area contributed by atoms with Gasteiger partial charge in [-0.2, -0.15) is 0 Å². The zero-order chi connectivity index (χ0) is 14.3. The van der Waals surface area contributed by atoms with Gasteiger partial charge in [-0.25, -0.2) is 4.98 Å². The zero-order valence-corrected chi connectivity index (χ0v) is 13.5.